The molecule has 0 bridgehead atoms. The molecule has 0 unspecified atom stereocenters. The molecule has 48 heavy (non-hydrogen) atoms. The van der Waals surface area contributed by atoms with Crippen LogP contribution in [0.1, 0.15) is 68.6 Å². The maximum atomic E-state index is 13.9. The molecule has 1 aromatic rings. The Morgan fingerprint density at radius 1 is 1.19 bits per heavy atom. The van der Waals surface area contributed by atoms with Gasteiger partial charge >= 0.3 is 12.1 Å². The minimum absolute atomic E-state index is 0.0306. The maximum absolute atomic E-state index is 13.9. The lowest BCUT2D eigenvalue weighted by atomic mass is 9.48. The van der Waals surface area contributed by atoms with Crippen LogP contribution in [0.25, 0.3) is 10.4 Å². The third kappa shape index (κ3) is 5.01. The van der Waals surface area contributed by atoms with Gasteiger partial charge in [0.05, 0.1) is 18.8 Å². The van der Waals surface area contributed by atoms with E-state index < -0.39 is 29.2 Å². The highest BCUT2D eigenvalue weighted by atomic mass is 16.7. The summed E-state index contributed by atoms with van der Waals surface area (Å²) < 4.78 is 23.4. The van der Waals surface area contributed by atoms with Gasteiger partial charge in [-0.2, -0.15) is 0 Å². The van der Waals surface area contributed by atoms with Crippen LogP contribution in [0.15, 0.2) is 52.2 Å². The van der Waals surface area contributed by atoms with Gasteiger partial charge in [-0.05, 0) is 92.2 Å². The van der Waals surface area contributed by atoms with Crippen LogP contribution in [0.2, 0.25) is 0 Å². The predicted octanol–water partition coefficient (Wildman–Crippen LogP) is 4.06. The van der Waals surface area contributed by atoms with Crippen molar-refractivity contribution >= 4 is 35.7 Å². The number of nitrogens with one attached hydrogen (secondary N) is 2. The molecule has 3 aliphatic carbocycles. The average Bonchev–Trinajstić information content (AvgIpc) is 3.97. The number of nitrogens with zero attached hydrogens (tertiary/aromatic N) is 3. The number of epoxide rings is 2. The quantitative estimate of drug-likeness (QED) is 0.0596. The number of hydrogen-bond acceptors (Lipinski definition) is 10. The Labute approximate surface area is 276 Å². The zero-order valence-electron chi connectivity index (χ0n) is 26.6. The number of Topliss-reactive ketones (excluding diaryl/α,β-unsaturated/α-hetero) is 1. The average molecular weight is 660 g/mol. The van der Waals surface area contributed by atoms with E-state index in [9.17, 15) is 24.0 Å². The molecule has 2 saturated heterocycles. The van der Waals surface area contributed by atoms with Crippen LogP contribution < -0.4 is 10.6 Å². The number of rotatable bonds is 13. The molecule has 1 saturated carbocycles. The Balaban J connectivity index is 0.824. The number of azide groups is 1. The van der Waals surface area contributed by atoms with Gasteiger partial charge in [-0.25, -0.2) is 9.59 Å². The second-order valence-corrected chi connectivity index (χ2v) is 13.5. The first-order valence-electron chi connectivity index (χ1n) is 16.5. The van der Waals surface area contributed by atoms with E-state index in [2.05, 4.69) is 27.6 Å². The van der Waals surface area contributed by atoms with E-state index in [0.717, 1.165) is 17.6 Å². The van der Waals surface area contributed by atoms with Crippen LogP contribution in [-0.4, -0.2) is 79.2 Å². The normalized spacial score (nSPS) is 32.4. The Kier molecular flexibility index (Phi) is 8.13. The number of carbonyl (C=O) groups is 5. The molecule has 3 heterocycles. The standard InChI is InChI=1S/C34H37N5O9/c1-32-12-11-23-24(18-46-30(23)43)25(32)16-26-33(47-26)28(41)20(15-27-34(32,33)48-27)5-4-14-45-31(44)36-13-3-2-6-22(17-40)37-29(42)19-7-9-21(10-8-19)38-39-35/h7-10,15,17,22,25-27H,2-6,11-14,16,18H2,1H3,(H,36,44)(H,37,42)/t22-,25-,26-,27-,32-,33+,34+/m0/s1. The number of alkyl carbamates (subject to hydrolysis) is 1. The van der Waals surface area contributed by atoms with Crippen molar-refractivity contribution in [3.8, 4) is 0 Å². The number of unbranched alkanes of at least 4 members (excludes halogenated alkanes) is 1. The van der Waals surface area contributed by atoms with Crippen molar-refractivity contribution in [2.45, 2.75) is 87.7 Å². The SMILES string of the molecule is C[C@]12CCC3=C(COC3=O)[C@@H]1C[C@@H]1O[C@@]13C(=O)C(CCCOC(=O)NCCCC[C@@H](C=O)NC(=O)c1ccc(N=[N+]=[N-])cc1)=C[C@@H]1O[C@]123. The largest absolute Gasteiger partial charge is 0.458 e. The highest BCUT2D eigenvalue weighted by Gasteiger charge is 2.92. The summed E-state index contributed by atoms with van der Waals surface area (Å²) in [5.74, 6) is -0.579. The number of benzene rings is 1. The second kappa shape index (κ2) is 12.2. The van der Waals surface area contributed by atoms with Gasteiger partial charge in [-0.1, -0.05) is 24.2 Å². The van der Waals surface area contributed by atoms with E-state index in [1.54, 1.807) is 0 Å². The van der Waals surface area contributed by atoms with Crippen molar-refractivity contribution in [1.82, 2.24) is 10.6 Å². The van der Waals surface area contributed by atoms with Gasteiger partial charge in [0.15, 0.2) is 11.4 Å². The van der Waals surface area contributed by atoms with E-state index in [4.69, 9.17) is 24.5 Å². The molecule has 3 fully saturated rings. The number of ether oxygens (including phenoxy) is 4. The van der Waals surface area contributed by atoms with Gasteiger partial charge in [0.1, 0.15) is 24.6 Å². The number of fused-ring (bicyclic) bond motifs is 2. The smallest absolute Gasteiger partial charge is 0.407 e. The van der Waals surface area contributed by atoms with Gasteiger partial charge in [0, 0.05) is 33.7 Å². The van der Waals surface area contributed by atoms with Gasteiger partial charge < -0.3 is 34.4 Å². The minimum atomic E-state index is -0.974. The molecule has 2 spiro atoms. The van der Waals surface area contributed by atoms with Crippen LogP contribution in [0.5, 0.6) is 0 Å². The number of amides is 2. The summed E-state index contributed by atoms with van der Waals surface area (Å²) in [7, 11) is 0. The van der Waals surface area contributed by atoms with Crippen molar-refractivity contribution in [3.63, 3.8) is 0 Å². The number of esters is 1. The topological polar surface area (TPSA) is 202 Å². The first-order valence-corrected chi connectivity index (χ1v) is 16.5. The Hall–Kier alpha value is -4.52. The molecule has 7 rings (SSSR count). The first kappa shape index (κ1) is 32.0. The third-order valence-electron chi connectivity index (χ3n) is 11.1. The van der Waals surface area contributed by atoms with Crippen molar-refractivity contribution in [3.05, 3.63) is 63.1 Å². The lowest BCUT2D eigenvalue weighted by molar-refractivity contribution is -0.136. The van der Waals surface area contributed by atoms with Crippen molar-refractivity contribution in [1.29, 1.82) is 0 Å². The van der Waals surface area contributed by atoms with Crippen molar-refractivity contribution < 1.29 is 42.9 Å². The molecular formula is C34H37N5O9. The first-order chi connectivity index (χ1) is 23.2. The maximum Gasteiger partial charge on any atom is 0.407 e. The Bertz CT molecular complexity index is 1680. The molecule has 2 amide bonds. The minimum Gasteiger partial charge on any atom is -0.458 e. The number of aldehydes is 1. The fourth-order valence-electron chi connectivity index (χ4n) is 8.64. The van der Waals surface area contributed by atoms with Crippen LogP contribution in [0, 0.1) is 11.3 Å². The molecule has 3 aliphatic heterocycles. The molecule has 252 valence electrons. The van der Waals surface area contributed by atoms with Crippen LogP contribution in [0.3, 0.4) is 0 Å². The molecule has 0 radical (unpaired) electrons. The van der Waals surface area contributed by atoms with E-state index in [1.807, 2.05) is 6.08 Å². The second-order valence-electron chi connectivity index (χ2n) is 13.5. The molecule has 2 N–H and O–H groups in total. The zero-order valence-corrected chi connectivity index (χ0v) is 26.6. The number of ketones is 1. The molecule has 0 aromatic heterocycles. The van der Waals surface area contributed by atoms with Crippen LogP contribution >= 0.6 is 0 Å². The fourth-order valence-corrected chi connectivity index (χ4v) is 8.64. The molecule has 1 aromatic carbocycles. The fraction of sp³-hybridized carbons (Fsp3) is 0.559. The van der Waals surface area contributed by atoms with E-state index >= 15 is 0 Å². The summed E-state index contributed by atoms with van der Waals surface area (Å²) in [6, 6.07) is 5.36. The van der Waals surface area contributed by atoms with E-state index in [-0.39, 0.29) is 41.9 Å². The van der Waals surface area contributed by atoms with Gasteiger partial charge in [0.25, 0.3) is 5.91 Å². The summed E-state index contributed by atoms with van der Waals surface area (Å²) in [6.07, 6.45) is 6.06. The van der Waals surface area contributed by atoms with Crippen LogP contribution in [-0.2, 0) is 33.3 Å². The highest BCUT2D eigenvalue weighted by Crippen LogP contribution is 2.77. The van der Waals surface area contributed by atoms with Crippen molar-refractivity contribution in [2.75, 3.05) is 19.8 Å². The summed E-state index contributed by atoms with van der Waals surface area (Å²) >= 11 is 0. The summed E-state index contributed by atoms with van der Waals surface area (Å²) in [5, 5.41) is 8.81. The molecule has 14 heteroatoms. The van der Waals surface area contributed by atoms with Crippen LogP contribution in [0.4, 0.5) is 10.5 Å². The predicted molar refractivity (Wildman–Crippen MR) is 167 cm³/mol. The number of hydrogen-bond donors (Lipinski definition) is 2. The van der Waals surface area contributed by atoms with Gasteiger partial charge in [-0.15, -0.1) is 0 Å². The summed E-state index contributed by atoms with van der Waals surface area (Å²) in [4.78, 5) is 64.9. The van der Waals surface area contributed by atoms with Gasteiger partial charge in [-0.3, -0.25) is 9.59 Å². The Morgan fingerprint density at radius 2 is 2.00 bits per heavy atom. The lowest BCUT2D eigenvalue weighted by Crippen LogP contribution is -2.63. The monoisotopic (exact) mass is 659 g/mol. The summed E-state index contributed by atoms with van der Waals surface area (Å²) in [6.45, 7) is 2.97. The lowest BCUT2D eigenvalue weighted by Gasteiger charge is -2.51. The Morgan fingerprint density at radius 3 is 2.77 bits per heavy atom. The summed E-state index contributed by atoms with van der Waals surface area (Å²) in [5.41, 5.74) is 9.68. The van der Waals surface area contributed by atoms with E-state index in [0.29, 0.717) is 81.2 Å². The molecular weight excluding hydrogens is 622 g/mol. The molecule has 14 nitrogen and oxygen atoms in total. The zero-order chi connectivity index (χ0) is 33.7. The molecule has 6 aliphatic rings. The van der Waals surface area contributed by atoms with Crippen molar-refractivity contribution in [2.24, 2.45) is 16.4 Å². The molecule has 7 atom stereocenters. The highest BCUT2D eigenvalue weighted by molar-refractivity contribution is 6.08. The number of cyclic esters (lactones) is 1. The number of carbonyl (C=O) groups excluding carboxylic acids is 5. The third-order valence-corrected chi connectivity index (χ3v) is 11.1. The van der Waals surface area contributed by atoms with Gasteiger partial charge in [0.2, 0.25) is 0 Å². The van der Waals surface area contributed by atoms with E-state index in [1.165, 1.54) is 24.3 Å².